The van der Waals surface area contributed by atoms with Crippen molar-refractivity contribution in [1.82, 2.24) is 5.32 Å². The van der Waals surface area contributed by atoms with Crippen LogP contribution in [0.5, 0.6) is 11.5 Å². The lowest BCUT2D eigenvalue weighted by Crippen LogP contribution is -2.15. The van der Waals surface area contributed by atoms with Gasteiger partial charge < -0.3 is 15.2 Å². The largest absolute Gasteiger partial charge is 0.504 e. The van der Waals surface area contributed by atoms with Crippen LogP contribution < -0.4 is 10.1 Å². The number of hydrogen-bond acceptors (Lipinski definition) is 3. The molecule has 84 valence electrons. The molecule has 0 aromatic heterocycles. The summed E-state index contributed by atoms with van der Waals surface area (Å²) in [5.41, 5.74) is 1.07. The maximum absolute atomic E-state index is 9.67. The second-order valence-corrected chi connectivity index (χ2v) is 4.36. The Labute approximate surface area is 98.6 Å². The summed E-state index contributed by atoms with van der Waals surface area (Å²) in [7, 11) is 3.45. The zero-order valence-electron chi connectivity index (χ0n) is 9.17. The first kappa shape index (κ1) is 12.3. The van der Waals surface area contributed by atoms with Gasteiger partial charge in [-0.25, -0.2) is 0 Å². The van der Waals surface area contributed by atoms with Crippen molar-refractivity contribution in [3.8, 4) is 11.5 Å². The molecule has 1 aromatic carbocycles. The molecule has 0 aliphatic carbocycles. The second-order valence-electron chi connectivity index (χ2n) is 3.50. The number of likely N-dealkylation sites (N-methyl/N-ethyl adjacent to an activating group) is 1. The van der Waals surface area contributed by atoms with E-state index in [0.29, 0.717) is 11.7 Å². The first-order valence-corrected chi connectivity index (χ1v) is 5.60. The molecule has 3 nitrogen and oxygen atoms in total. The van der Waals surface area contributed by atoms with E-state index in [9.17, 15) is 5.11 Å². The number of methoxy groups -OCH3 is 1. The van der Waals surface area contributed by atoms with Gasteiger partial charge in [0.2, 0.25) is 0 Å². The fourth-order valence-electron chi connectivity index (χ4n) is 1.52. The third-order valence-corrected chi connectivity index (χ3v) is 3.03. The highest BCUT2D eigenvalue weighted by Crippen LogP contribution is 2.35. The van der Waals surface area contributed by atoms with E-state index < -0.39 is 0 Å². The van der Waals surface area contributed by atoms with E-state index in [-0.39, 0.29) is 5.75 Å². The van der Waals surface area contributed by atoms with Crippen LogP contribution in [-0.4, -0.2) is 25.8 Å². The minimum Gasteiger partial charge on any atom is -0.504 e. The van der Waals surface area contributed by atoms with Crippen LogP contribution in [-0.2, 0) is 0 Å². The topological polar surface area (TPSA) is 41.5 Å². The van der Waals surface area contributed by atoms with Gasteiger partial charge in [-0.1, -0.05) is 22.9 Å². The molecule has 0 fully saturated rings. The van der Waals surface area contributed by atoms with Crippen molar-refractivity contribution in [3.05, 3.63) is 22.2 Å². The number of ether oxygens (including phenoxy) is 1. The van der Waals surface area contributed by atoms with E-state index in [2.05, 4.69) is 28.2 Å². The number of halogens is 1. The highest BCUT2D eigenvalue weighted by Gasteiger charge is 2.12. The van der Waals surface area contributed by atoms with Gasteiger partial charge in [-0.3, -0.25) is 0 Å². The maximum atomic E-state index is 9.67. The molecule has 0 aliphatic heterocycles. The highest BCUT2D eigenvalue weighted by atomic mass is 79.9. The molecule has 0 saturated heterocycles. The van der Waals surface area contributed by atoms with Crippen LogP contribution in [0.25, 0.3) is 0 Å². The van der Waals surface area contributed by atoms with Gasteiger partial charge >= 0.3 is 0 Å². The minimum absolute atomic E-state index is 0.179. The Bertz CT molecular complexity index is 342. The molecule has 0 aliphatic rings. The zero-order chi connectivity index (χ0) is 11.4. The number of phenolic OH excluding ortho intramolecular Hbond substituents is 1. The Morgan fingerprint density at radius 3 is 2.73 bits per heavy atom. The van der Waals surface area contributed by atoms with Crippen LogP contribution in [0.3, 0.4) is 0 Å². The van der Waals surface area contributed by atoms with E-state index in [1.807, 2.05) is 7.05 Å². The standard InChI is InChI=1S/C11H16BrNO2/c1-7(6-13-2)8-4-10(14)11(15-3)5-9(8)12/h4-5,7,13-14H,6H2,1-3H3. The van der Waals surface area contributed by atoms with Crippen LogP contribution in [0.2, 0.25) is 0 Å². The van der Waals surface area contributed by atoms with Crippen molar-refractivity contribution < 1.29 is 9.84 Å². The number of phenols is 1. The summed E-state index contributed by atoms with van der Waals surface area (Å²) in [5.74, 6) is 1.00. The quantitative estimate of drug-likeness (QED) is 0.886. The molecule has 2 N–H and O–H groups in total. The number of rotatable bonds is 4. The monoisotopic (exact) mass is 273 g/mol. The summed E-state index contributed by atoms with van der Waals surface area (Å²) in [4.78, 5) is 0. The molecule has 4 heteroatoms. The Morgan fingerprint density at radius 2 is 2.20 bits per heavy atom. The van der Waals surface area contributed by atoms with Gasteiger partial charge in [0.1, 0.15) is 0 Å². The summed E-state index contributed by atoms with van der Waals surface area (Å²) < 4.78 is 5.98. The van der Waals surface area contributed by atoms with E-state index in [4.69, 9.17) is 4.74 Å². The van der Waals surface area contributed by atoms with Gasteiger partial charge in [0.15, 0.2) is 11.5 Å². The van der Waals surface area contributed by atoms with Crippen molar-refractivity contribution in [2.24, 2.45) is 0 Å². The van der Waals surface area contributed by atoms with Crippen molar-refractivity contribution >= 4 is 15.9 Å². The van der Waals surface area contributed by atoms with Crippen molar-refractivity contribution in [1.29, 1.82) is 0 Å². The average molecular weight is 274 g/mol. The van der Waals surface area contributed by atoms with Crippen molar-refractivity contribution in [3.63, 3.8) is 0 Å². The van der Waals surface area contributed by atoms with E-state index in [0.717, 1.165) is 16.6 Å². The van der Waals surface area contributed by atoms with Gasteiger partial charge in [-0.15, -0.1) is 0 Å². The molecule has 1 rings (SSSR count). The van der Waals surface area contributed by atoms with E-state index in [1.54, 1.807) is 12.1 Å². The summed E-state index contributed by atoms with van der Waals surface area (Å²) >= 11 is 3.47. The number of nitrogens with one attached hydrogen (secondary N) is 1. The molecule has 0 saturated carbocycles. The van der Waals surface area contributed by atoms with Crippen molar-refractivity contribution in [2.75, 3.05) is 20.7 Å². The van der Waals surface area contributed by atoms with Crippen molar-refractivity contribution in [2.45, 2.75) is 12.8 Å². The van der Waals surface area contributed by atoms with Crippen LogP contribution in [0.4, 0.5) is 0 Å². The lowest BCUT2D eigenvalue weighted by atomic mass is 10.0. The van der Waals surface area contributed by atoms with Gasteiger partial charge in [0, 0.05) is 11.0 Å². The first-order valence-electron chi connectivity index (χ1n) is 4.81. The predicted molar refractivity (Wildman–Crippen MR) is 64.7 cm³/mol. The van der Waals surface area contributed by atoms with Gasteiger partial charge in [0.25, 0.3) is 0 Å². The third kappa shape index (κ3) is 2.86. The summed E-state index contributed by atoms with van der Waals surface area (Å²) in [6, 6.07) is 3.53. The molecule has 1 aromatic rings. The molecule has 0 amide bonds. The van der Waals surface area contributed by atoms with Gasteiger partial charge in [-0.2, -0.15) is 0 Å². The molecule has 1 unspecified atom stereocenters. The number of aromatic hydroxyl groups is 1. The van der Waals surface area contributed by atoms with Crippen LogP contribution >= 0.6 is 15.9 Å². The first-order chi connectivity index (χ1) is 7.10. The second kappa shape index (κ2) is 5.37. The van der Waals surface area contributed by atoms with Crippen LogP contribution in [0, 0.1) is 0 Å². The minimum atomic E-state index is 0.179. The highest BCUT2D eigenvalue weighted by molar-refractivity contribution is 9.10. The Kier molecular flexibility index (Phi) is 4.42. The zero-order valence-corrected chi connectivity index (χ0v) is 10.8. The third-order valence-electron chi connectivity index (χ3n) is 2.34. The molecule has 0 radical (unpaired) electrons. The molecular weight excluding hydrogens is 258 g/mol. The molecule has 15 heavy (non-hydrogen) atoms. The lowest BCUT2D eigenvalue weighted by Gasteiger charge is -2.15. The Morgan fingerprint density at radius 1 is 1.53 bits per heavy atom. The van der Waals surface area contributed by atoms with Crippen LogP contribution in [0.15, 0.2) is 16.6 Å². The van der Waals surface area contributed by atoms with Crippen LogP contribution in [0.1, 0.15) is 18.4 Å². The fraction of sp³-hybridized carbons (Fsp3) is 0.455. The Balaban J connectivity index is 3.04. The molecule has 0 heterocycles. The molecule has 0 bridgehead atoms. The molecule has 0 spiro atoms. The van der Waals surface area contributed by atoms with Gasteiger partial charge in [0.05, 0.1) is 7.11 Å². The molecule has 1 atom stereocenters. The predicted octanol–water partition coefficient (Wildman–Crippen LogP) is 2.49. The van der Waals surface area contributed by atoms with E-state index >= 15 is 0 Å². The summed E-state index contributed by atoms with van der Waals surface area (Å²) in [5, 5.41) is 12.8. The summed E-state index contributed by atoms with van der Waals surface area (Å²) in [6.07, 6.45) is 0. The lowest BCUT2D eigenvalue weighted by molar-refractivity contribution is 0.372. The number of benzene rings is 1. The molecular formula is C11H16BrNO2. The smallest absolute Gasteiger partial charge is 0.161 e. The Hall–Kier alpha value is -0.740. The summed E-state index contributed by atoms with van der Waals surface area (Å²) in [6.45, 7) is 2.97. The van der Waals surface area contributed by atoms with Gasteiger partial charge in [-0.05, 0) is 30.7 Å². The SMILES string of the molecule is CNCC(C)c1cc(O)c(OC)cc1Br. The fourth-order valence-corrected chi connectivity index (χ4v) is 2.23. The average Bonchev–Trinajstić information content (AvgIpc) is 2.21. The normalized spacial score (nSPS) is 12.5. The van der Waals surface area contributed by atoms with E-state index in [1.165, 1.54) is 7.11 Å². The number of hydrogen-bond donors (Lipinski definition) is 2. The maximum Gasteiger partial charge on any atom is 0.161 e.